The van der Waals surface area contributed by atoms with Crippen molar-refractivity contribution in [3.63, 3.8) is 0 Å². The fraction of sp³-hybridized carbons (Fsp3) is 0.250. The fourth-order valence-corrected chi connectivity index (χ4v) is 4.02. The summed E-state index contributed by atoms with van der Waals surface area (Å²) in [4.78, 5) is 19.0. The fourth-order valence-electron chi connectivity index (χ4n) is 3.28. The Hall–Kier alpha value is -2.71. The van der Waals surface area contributed by atoms with E-state index in [9.17, 15) is 9.18 Å². The number of amides is 1. The first-order chi connectivity index (χ1) is 13.7. The maximum atomic E-state index is 13.7. The Kier molecular flexibility index (Phi) is 5.68. The Morgan fingerprint density at radius 1 is 1.25 bits per heavy atom. The van der Waals surface area contributed by atoms with E-state index in [-0.39, 0.29) is 17.8 Å². The lowest BCUT2D eigenvalue weighted by Crippen LogP contribution is -2.48. The number of benzene rings is 2. The quantitative estimate of drug-likeness (QED) is 0.648. The number of nitrogens with one attached hydrogen (secondary N) is 2. The summed E-state index contributed by atoms with van der Waals surface area (Å²) in [5.41, 5.74) is 2.54. The third-order valence-corrected chi connectivity index (χ3v) is 5.65. The molecule has 2 N–H and O–H groups in total. The van der Waals surface area contributed by atoms with E-state index in [0.717, 1.165) is 28.6 Å². The molecule has 1 atom stereocenters. The summed E-state index contributed by atoms with van der Waals surface area (Å²) >= 11 is 1.55. The maximum absolute atomic E-state index is 13.7. The number of thioether (sulfide) groups is 1. The molecule has 1 amide bonds. The zero-order chi connectivity index (χ0) is 19.3. The van der Waals surface area contributed by atoms with E-state index in [1.54, 1.807) is 17.8 Å². The van der Waals surface area contributed by atoms with E-state index in [0.29, 0.717) is 18.7 Å². The van der Waals surface area contributed by atoms with E-state index >= 15 is 0 Å². The largest absolute Gasteiger partial charge is 0.329 e. The van der Waals surface area contributed by atoms with Gasteiger partial charge in [0.05, 0.1) is 6.04 Å². The van der Waals surface area contributed by atoms with Gasteiger partial charge >= 0.3 is 0 Å². The van der Waals surface area contributed by atoms with Crippen LogP contribution in [-0.2, 0) is 5.75 Å². The average molecular weight is 397 g/mol. The number of aromatic amines is 1. The second-order valence-electron chi connectivity index (χ2n) is 6.55. The lowest BCUT2D eigenvalue weighted by molar-refractivity contribution is 0.0634. The summed E-state index contributed by atoms with van der Waals surface area (Å²) in [6, 6.07) is 13.9. The predicted octanol–water partition coefficient (Wildman–Crippen LogP) is 3.02. The van der Waals surface area contributed by atoms with Crippen LogP contribution >= 0.6 is 11.8 Å². The number of piperazine rings is 1. The summed E-state index contributed by atoms with van der Waals surface area (Å²) in [5.74, 6) is 0.415. The van der Waals surface area contributed by atoms with E-state index < -0.39 is 0 Å². The Balaban J connectivity index is 1.47. The highest BCUT2D eigenvalue weighted by Crippen LogP contribution is 2.25. The first-order valence-electron chi connectivity index (χ1n) is 9.05. The minimum Gasteiger partial charge on any atom is -0.329 e. The third-order valence-electron chi connectivity index (χ3n) is 4.71. The van der Waals surface area contributed by atoms with E-state index in [1.807, 2.05) is 35.2 Å². The van der Waals surface area contributed by atoms with Gasteiger partial charge in [0.2, 0.25) is 0 Å². The van der Waals surface area contributed by atoms with Gasteiger partial charge in [-0.25, -0.2) is 9.37 Å². The summed E-state index contributed by atoms with van der Waals surface area (Å²) in [5, 5.41) is 10.7. The molecule has 0 aliphatic carbocycles. The van der Waals surface area contributed by atoms with Crippen LogP contribution in [0.3, 0.4) is 0 Å². The molecule has 8 heteroatoms. The standard InChI is InChI=1S/C20H20FN5OS/c21-17-3-1-2-16(10-17)18-11-22-8-9-26(18)19(27)15-6-4-14(5-7-15)12-28-20-23-13-24-25-20/h1-7,10,13,18,22H,8-9,11-12H2,(H,23,24,25). The lowest BCUT2D eigenvalue weighted by Gasteiger charge is -2.36. The van der Waals surface area contributed by atoms with Crippen molar-refractivity contribution < 1.29 is 9.18 Å². The minimum atomic E-state index is -0.288. The van der Waals surface area contributed by atoms with Gasteiger partial charge in [-0.05, 0) is 35.4 Å². The molecule has 6 nitrogen and oxygen atoms in total. The number of hydrogen-bond acceptors (Lipinski definition) is 5. The van der Waals surface area contributed by atoms with Crippen molar-refractivity contribution >= 4 is 17.7 Å². The van der Waals surface area contributed by atoms with Crippen molar-refractivity contribution in [3.05, 3.63) is 77.4 Å². The minimum absolute atomic E-state index is 0.0369. The molecule has 2 aromatic carbocycles. The molecule has 1 fully saturated rings. The number of nitrogens with zero attached hydrogens (tertiary/aromatic N) is 3. The zero-order valence-electron chi connectivity index (χ0n) is 15.1. The second kappa shape index (κ2) is 8.53. The van der Waals surface area contributed by atoms with Crippen molar-refractivity contribution in [1.82, 2.24) is 25.4 Å². The van der Waals surface area contributed by atoms with Crippen LogP contribution < -0.4 is 5.32 Å². The van der Waals surface area contributed by atoms with Gasteiger partial charge in [-0.2, -0.15) is 5.10 Å². The molecule has 1 aliphatic rings. The van der Waals surface area contributed by atoms with E-state index in [4.69, 9.17) is 0 Å². The Morgan fingerprint density at radius 2 is 2.11 bits per heavy atom. The van der Waals surface area contributed by atoms with Crippen molar-refractivity contribution in [1.29, 1.82) is 0 Å². The molecule has 1 unspecified atom stereocenters. The van der Waals surface area contributed by atoms with Gasteiger partial charge in [0.1, 0.15) is 12.1 Å². The molecule has 3 aromatic rings. The topological polar surface area (TPSA) is 73.9 Å². The number of rotatable bonds is 5. The van der Waals surface area contributed by atoms with Crippen LogP contribution in [0, 0.1) is 5.82 Å². The molecular formula is C20H20FN5OS. The summed E-state index contributed by atoms with van der Waals surface area (Å²) in [6.07, 6.45) is 1.48. The number of carbonyl (C=O) groups is 1. The van der Waals surface area contributed by atoms with Crippen LogP contribution in [0.5, 0.6) is 0 Å². The molecule has 1 aliphatic heterocycles. The smallest absolute Gasteiger partial charge is 0.254 e. The maximum Gasteiger partial charge on any atom is 0.254 e. The molecule has 4 rings (SSSR count). The van der Waals surface area contributed by atoms with Gasteiger partial charge in [0.15, 0.2) is 5.16 Å². The van der Waals surface area contributed by atoms with Crippen LogP contribution in [0.4, 0.5) is 4.39 Å². The van der Waals surface area contributed by atoms with Crippen molar-refractivity contribution in [3.8, 4) is 0 Å². The lowest BCUT2D eigenvalue weighted by atomic mass is 10.0. The highest BCUT2D eigenvalue weighted by molar-refractivity contribution is 7.98. The molecule has 1 aromatic heterocycles. The van der Waals surface area contributed by atoms with Gasteiger partial charge in [-0.3, -0.25) is 9.89 Å². The first-order valence-corrected chi connectivity index (χ1v) is 10.0. The van der Waals surface area contributed by atoms with Crippen LogP contribution in [-0.4, -0.2) is 45.6 Å². The van der Waals surface area contributed by atoms with Crippen molar-refractivity contribution in [2.24, 2.45) is 0 Å². The van der Waals surface area contributed by atoms with Gasteiger partial charge in [-0.15, -0.1) is 0 Å². The van der Waals surface area contributed by atoms with Gasteiger partial charge < -0.3 is 10.2 Å². The molecular weight excluding hydrogens is 377 g/mol. The third kappa shape index (κ3) is 4.23. The molecule has 28 heavy (non-hydrogen) atoms. The molecule has 0 saturated carbocycles. The number of hydrogen-bond donors (Lipinski definition) is 2. The van der Waals surface area contributed by atoms with Crippen LogP contribution in [0.1, 0.15) is 27.5 Å². The number of carbonyl (C=O) groups excluding carboxylic acids is 1. The van der Waals surface area contributed by atoms with Gasteiger partial charge in [-0.1, -0.05) is 36.0 Å². The summed E-state index contributed by atoms with van der Waals surface area (Å²) in [7, 11) is 0. The average Bonchev–Trinajstić information content (AvgIpc) is 3.26. The molecule has 1 saturated heterocycles. The molecule has 2 heterocycles. The molecule has 0 spiro atoms. The van der Waals surface area contributed by atoms with Crippen molar-refractivity contribution in [2.75, 3.05) is 19.6 Å². The first kappa shape index (κ1) is 18.6. The van der Waals surface area contributed by atoms with Gasteiger partial charge in [0, 0.05) is 31.0 Å². The molecule has 144 valence electrons. The highest BCUT2D eigenvalue weighted by Gasteiger charge is 2.28. The Morgan fingerprint density at radius 3 is 2.86 bits per heavy atom. The number of aromatic nitrogens is 3. The number of halogens is 1. The monoisotopic (exact) mass is 397 g/mol. The van der Waals surface area contributed by atoms with Crippen LogP contribution in [0.15, 0.2) is 60.0 Å². The highest BCUT2D eigenvalue weighted by atomic mass is 32.2. The Bertz CT molecular complexity index is 932. The second-order valence-corrected chi connectivity index (χ2v) is 7.51. The van der Waals surface area contributed by atoms with E-state index in [1.165, 1.54) is 18.5 Å². The normalized spacial score (nSPS) is 16.9. The van der Waals surface area contributed by atoms with Crippen LogP contribution in [0.2, 0.25) is 0 Å². The summed E-state index contributed by atoms with van der Waals surface area (Å²) in [6.45, 7) is 1.92. The molecule has 0 radical (unpaired) electrons. The SMILES string of the molecule is O=C(c1ccc(CSc2ncn[nH]2)cc1)N1CCNCC1c1cccc(F)c1. The predicted molar refractivity (Wildman–Crippen MR) is 105 cm³/mol. The van der Waals surface area contributed by atoms with Crippen LogP contribution in [0.25, 0.3) is 0 Å². The number of H-pyrrole nitrogens is 1. The zero-order valence-corrected chi connectivity index (χ0v) is 16.0. The Labute approximate surface area is 166 Å². The molecule has 0 bridgehead atoms. The van der Waals surface area contributed by atoms with Gasteiger partial charge in [0.25, 0.3) is 5.91 Å². The summed E-state index contributed by atoms with van der Waals surface area (Å²) < 4.78 is 13.7. The van der Waals surface area contributed by atoms with E-state index in [2.05, 4.69) is 20.5 Å². The van der Waals surface area contributed by atoms with Crippen molar-refractivity contribution in [2.45, 2.75) is 17.0 Å².